The van der Waals surface area contributed by atoms with Crippen LogP contribution in [0.2, 0.25) is 0 Å². The van der Waals surface area contributed by atoms with Crippen molar-refractivity contribution >= 4 is 0 Å². The smallest absolute Gasteiger partial charge is 0.239 e. The van der Waals surface area contributed by atoms with Crippen molar-refractivity contribution in [3.63, 3.8) is 0 Å². The average molecular weight is 233 g/mol. The fraction of sp³-hybridized carbons (Fsp3) is 0.250. The second kappa shape index (κ2) is 4.78. The number of hydrogen-bond donors (Lipinski definition) is 0. The summed E-state index contributed by atoms with van der Waals surface area (Å²) in [6, 6.07) is 7.06. The Balaban J connectivity index is 2.32. The zero-order chi connectivity index (χ0) is 12.3. The van der Waals surface area contributed by atoms with Crippen LogP contribution in [-0.4, -0.2) is 24.0 Å². The maximum absolute atomic E-state index is 5.60. The van der Waals surface area contributed by atoms with E-state index in [1.165, 1.54) is 0 Å². The quantitative estimate of drug-likeness (QED) is 0.810. The second-order valence-corrected chi connectivity index (χ2v) is 3.33. The highest BCUT2D eigenvalue weighted by Gasteiger charge is 2.12. The Bertz CT molecular complexity index is 508. The largest absolute Gasteiger partial charge is 0.493 e. The van der Waals surface area contributed by atoms with E-state index in [2.05, 4.69) is 11.3 Å². The first-order valence-corrected chi connectivity index (χ1v) is 5.05. The fourth-order valence-corrected chi connectivity index (χ4v) is 1.45. The second-order valence-electron chi connectivity index (χ2n) is 3.33. The Hall–Kier alpha value is -2.17. The van der Waals surface area contributed by atoms with Crippen LogP contribution < -0.4 is 14.2 Å². The molecular formula is C12H13N2O3. The molecule has 0 fully saturated rings. The molecule has 2 rings (SSSR count). The van der Waals surface area contributed by atoms with Gasteiger partial charge in [-0.1, -0.05) is 6.07 Å². The highest BCUT2D eigenvalue weighted by Crippen LogP contribution is 2.38. The number of benzene rings is 1. The fourth-order valence-electron chi connectivity index (χ4n) is 1.45. The molecule has 0 amide bonds. The van der Waals surface area contributed by atoms with Crippen LogP contribution >= 0.6 is 0 Å². The Labute approximate surface area is 99.5 Å². The monoisotopic (exact) mass is 233 g/mol. The van der Waals surface area contributed by atoms with Gasteiger partial charge in [0.1, 0.15) is 0 Å². The summed E-state index contributed by atoms with van der Waals surface area (Å²) in [4.78, 5) is 0. The first-order chi connectivity index (χ1) is 8.24. The highest BCUT2D eigenvalue weighted by atomic mass is 16.5. The van der Waals surface area contributed by atoms with Crippen molar-refractivity contribution in [2.45, 2.75) is 0 Å². The molecule has 89 valence electrons. The third kappa shape index (κ3) is 2.33. The van der Waals surface area contributed by atoms with E-state index in [-0.39, 0.29) is 0 Å². The lowest BCUT2D eigenvalue weighted by atomic mass is 10.3. The molecule has 17 heavy (non-hydrogen) atoms. The van der Waals surface area contributed by atoms with E-state index in [1.807, 2.05) is 6.07 Å². The Morgan fingerprint density at radius 1 is 1.18 bits per heavy atom. The Morgan fingerprint density at radius 3 is 2.53 bits per heavy atom. The molecule has 0 saturated heterocycles. The molecule has 0 atom stereocenters. The van der Waals surface area contributed by atoms with Gasteiger partial charge >= 0.3 is 0 Å². The van der Waals surface area contributed by atoms with Gasteiger partial charge in [0.25, 0.3) is 0 Å². The summed E-state index contributed by atoms with van der Waals surface area (Å²) in [5.41, 5.74) is 0. The number of rotatable bonds is 4. The molecule has 0 aliphatic rings. The number of para-hydroxylation sites is 1. The number of nitrogens with zero attached hydrogens (tertiary/aromatic N) is 2. The maximum atomic E-state index is 5.60. The van der Waals surface area contributed by atoms with Crippen molar-refractivity contribution in [1.82, 2.24) is 9.78 Å². The van der Waals surface area contributed by atoms with Gasteiger partial charge in [-0.2, -0.15) is 0 Å². The molecule has 2 aromatic rings. The van der Waals surface area contributed by atoms with E-state index in [1.54, 1.807) is 44.1 Å². The Kier molecular flexibility index (Phi) is 3.18. The summed E-state index contributed by atoms with van der Waals surface area (Å²) >= 11 is 0. The molecule has 0 saturated carbocycles. The molecule has 0 unspecified atom stereocenters. The van der Waals surface area contributed by atoms with Crippen molar-refractivity contribution in [2.24, 2.45) is 7.05 Å². The number of aryl methyl sites for hydroxylation is 1. The van der Waals surface area contributed by atoms with Crippen LogP contribution in [0.25, 0.3) is 0 Å². The van der Waals surface area contributed by atoms with Gasteiger partial charge in [-0.05, 0) is 12.1 Å². The molecule has 1 aromatic carbocycles. The van der Waals surface area contributed by atoms with E-state index in [0.717, 1.165) is 0 Å². The van der Waals surface area contributed by atoms with Crippen LogP contribution in [-0.2, 0) is 7.05 Å². The minimum absolute atomic E-state index is 0.457. The summed E-state index contributed by atoms with van der Waals surface area (Å²) in [6.07, 6.45) is 2.86. The molecule has 0 bridgehead atoms. The van der Waals surface area contributed by atoms with Gasteiger partial charge in [0.15, 0.2) is 11.5 Å². The van der Waals surface area contributed by atoms with E-state index in [0.29, 0.717) is 23.1 Å². The zero-order valence-corrected chi connectivity index (χ0v) is 9.93. The maximum Gasteiger partial charge on any atom is 0.239 e. The summed E-state index contributed by atoms with van der Waals surface area (Å²) in [7, 11) is 4.92. The van der Waals surface area contributed by atoms with Crippen LogP contribution in [0.4, 0.5) is 0 Å². The van der Waals surface area contributed by atoms with Crippen LogP contribution in [0.1, 0.15) is 0 Å². The summed E-state index contributed by atoms with van der Waals surface area (Å²) in [5.74, 6) is 2.17. The van der Waals surface area contributed by atoms with Gasteiger partial charge in [-0.3, -0.25) is 4.68 Å². The normalized spacial score (nSPS) is 10.1. The van der Waals surface area contributed by atoms with Crippen molar-refractivity contribution < 1.29 is 14.2 Å². The predicted molar refractivity (Wildman–Crippen MR) is 61.7 cm³/mol. The average Bonchev–Trinajstić information content (AvgIpc) is 2.74. The van der Waals surface area contributed by atoms with Crippen LogP contribution in [0.15, 0.2) is 24.3 Å². The zero-order valence-electron chi connectivity index (χ0n) is 9.93. The molecule has 0 N–H and O–H groups in total. The minimum atomic E-state index is 0.457. The molecule has 0 spiro atoms. The van der Waals surface area contributed by atoms with E-state index in [9.17, 15) is 0 Å². The van der Waals surface area contributed by atoms with Crippen LogP contribution in [0.5, 0.6) is 23.1 Å². The summed E-state index contributed by atoms with van der Waals surface area (Å²) in [5, 5.41) is 4.08. The molecular weight excluding hydrogens is 220 g/mol. The molecule has 1 aromatic heterocycles. The van der Waals surface area contributed by atoms with Gasteiger partial charge < -0.3 is 14.2 Å². The SMILES string of the molecule is COc1cccc(Oc2c[c]n(C)n2)c1OC. The van der Waals surface area contributed by atoms with Crippen molar-refractivity contribution in [2.75, 3.05) is 14.2 Å². The van der Waals surface area contributed by atoms with Crippen molar-refractivity contribution in [3.05, 3.63) is 30.5 Å². The first-order valence-electron chi connectivity index (χ1n) is 5.05. The summed E-state index contributed by atoms with van der Waals surface area (Å²) < 4.78 is 17.6. The summed E-state index contributed by atoms with van der Waals surface area (Å²) in [6.45, 7) is 0. The van der Waals surface area contributed by atoms with Gasteiger partial charge in [-0.15, -0.1) is 5.10 Å². The number of hydrogen-bond acceptors (Lipinski definition) is 4. The molecule has 0 aliphatic heterocycles. The van der Waals surface area contributed by atoms with E-state index in [4.69, 9.17) is 14.2 Å². The van der Waals surface area contributed by atoms with Gasteiger partial charge in [0.05, 0.1) is 20.4 Å². The Morgan fingerprint density at radius 2 is 1.94 bits per heavy atom. The molecule has 1 radical (unpaired) electrons. The van der Waals surface area contributed by atoms with Crippen molar-refractivity contribution in [3.8, 4) is 23.1 Å². The lowest BCUT2D eigenvalue weighted by Gasteiger charge is -2.11. The van der Waals surface area contributed by atoms with Gasteiger partial charge in [-0.25, -0.2) is 0 Å². The predicted octanol–water partition coefficient (Wildman–Crippen LogP) is 2.03. The molecule has 0 aliphatic carbocycles. The van der Waals surface area contributed by atoms with Gasteiger partial charge in [0.2, 0.25) is 11.6 Å². The number of ether oxygens (including phenoxy) is 3. The standard InChI is InChI=1S/C12H13N2O3/c1-14-8-7-11(13-14)17-10-6-4-5-9(15-2)12(10)16-3/h4-7H,1-3H3. The third-order valence-electron chi connectivity index (χ3n) is 2.20. The third-order valence-corrected chi connectivity index (χ3v) is 2.20. The van der Waals surface area contributed by atoms with Crippen LogP contribution in [0, 0.1) is 6.20 Å². The first kappa shape index (κ1) is 11.3. The molecule has 1 heterocycles. The van der Waals surface area contributed by atoms with E-state index < -0.39 is 0 Å². The lowest BCUT2D eigenvalue weighted by Crippen LogP contribution is -1.95. The van der Waals surface area contributed by atoms with Gasteiger partial charge in [0, 0.05) is 13.1 Å². The van der Waals surface area contributed by atoms with E-state index >= 15 is 0 Å². The highest BCUT2D eigenvalue weighted by molar-refractivity contribution is 5.52. The lowest BCUT2D eigenvalue weighted by molar-refractivity contribution is 0.333. The molecule has 5 heteroatoms. The number of methoxy groups -OCH3 is 2. The number of aromatic nitrogens is 2. The topological polar surface area (TPSA) is 45.5 Å². The minimum Gasteiger partial charge on any atom is -0.493 e. The van der Waals surface area contributed by atoms with Crippen molar-refractivity contribution in [1.29, 1.82) is 0 Å². The molecule has 5 nitrogen and oxygen atoms in total. The van der Waals surface area contributed by atoms with Crippen LogP contribution in [0.3, 0.4) is 0 Å².